The maximum absolute atomic E-state index is 2.52. The Morgan fingerprint density at radius 3 is 1.14 bits per heavy atom. The quantitative estimate of drug-likeness (QED) is 0.181. The van der Waals surface area contributed by atoms with Crippen molar-refractivity contribution < 1.29 is 0 Å². The number of hydrogen-bond donors (Lipinski definition) is 0. The van der Waals surface area contributed by atoms with Crippen LogP contribution in [0, 0.1) is 0 Å². The van der Waals surface area contributed by atoms with Gasteiger partial charge in [-0.05, 0) is 70.8 Å². The summed E-state index contributed by atoms with van der Waals surface area (Å²) in [6, 6.07) is 64.6. The summed E-state index contributed by atoms with van der Waals surface area (Å²) in [5, 5.41) is 7.70. The topological polar surface area (TPSA) is 13.8 Å². The van der Waals surface area contributed by atoms with Gasteiger partial charge in [0.15, 0.2) is 0 Å². The van der Waals surface area contributed by atoms with E-state index in [1.807, 2.05) is 0 Å². The first kappa shape index (κ1) is 27.0. The normalized spacial score (nSPS) is 12.3. The average molecular weight is 648 g/mol. The molecular weight excluding hydrogens is 619 g/mol. The maximum Gasteiger partial charge on any atom is 0.0703 e. The van der Waals surface area contributed by atoms with Crippen LogP contribution in [-0.4, -0.2) is 13.4 Å². The summed E-state index contributed by atoms with van der Waals surface area (Å²) in [7, 11) is 0. The van der Waals surface area contributed by atoms with Gasteiger partial charge < -0.3 is 13.4 Å². The number of benzene rings is 8. The molecule has 12 rings (SSSR count). The number of hydrogen-bond acceptors (Lipinski definition) is 0. The van der Waals surface area contributed by atoms with Gasteiger partial charge in [-0.15, -0.1) is 0 Å². The van der Waals surface area contributed by atoms with Crippen LogP contribution in [0.1, 0.15) is 0 Å². The van der Waals surface area contributed by atoms with Gasteiger partial charge in [-0.25, -0.2) is 0 Å². The number of rotatable bonds is 3. The Labute approximate surface area is 292 Å². The fourth-order valence-electron chi connectivity index (χ4n) is 9.00. The van der Waals surface area contributed by atoms with Crippen LogP contribution < -0.4 is 0 Å². The molecule has 0 fully saturated rings. The van der Waals surface area contributed by atoms with Crippen LogP contribution in [0.2, 0.25) is 0 Å². The lowest BCUT2D eigenvalue weighted by atomic mass is 10.0. The van der Waals surface area contributed by atoms with Gasteiger partial charge >= 0.3 is 0 Å². The van der Waals surface area contributed by atoms with E-state index in [2.05, 4.69) is 189 Å². The summed E-state index contributed by atoms with van der Waals surface area (Å²) in [5.41, 5.74) is 15.8. The summed E-state index contributed by atoms with van der Waals surface area (Å²) in [5.74, 6) is 0. The van der Waals surface area contributed by atoms with Crippen LogP contribution in [0.25, 0.3) is 104 Å². The van der Waals surface area contributed by atoms with E-state index >= 15 is 0 Å². The second kappa shape index (κ2) is 9.87. The highest BCUT2D eigenvalue weighted by Crippen LogP contribution is 2.46. The van der Waals surface area contributed by atoms with Gasteiger partial charge in [-0.1, -0.05) is 127 Å². The van der Waals surface area contributed by atoms with Gasteiger partial charge in [0.2, 0.25) is 0 Å². The third kappa shape index (κ3) is 3.52. The van der Waals surface area contributed by atoms with Crippen LogP contribution in [0.4, 0.5) is 0 Å². The third-order valence-electron chi connectivity index (χ3n) is 11.2. The molecule has 236 valence electrons. The van der Waals surface area contributed by atoms with Crippen molar-refractivity contribution >= 4 is 76.5 Å². The molecule has 0 radical (unpaired) electrons. The van der Waals surface area contributed by atoms with Crippen LogP contribution in [0.5, 0.6) is 0 Å². The SMILES string of the molecule is c1ccc(-c2ccc(-c3ccc(-n4c5ccc6c7ccccc7n7c8ccccc8n8c9ccccc9c9ccc4c(c5c67)c98)cc3)cc2)cc1. The van der Waals surface area contributed by atoms with E-state index in [9.17, 15) is 0 Å². The zero-order valence-corrected chi connectivity index (χ0v) is 27.6. The lowest BCUT2D eigenvalue weighted by Crippen LogP contribution is -1.94. The molecule has 0 saturated carbocycles. The molecule has 0 saturated heterocycles. The molecule has 0 unspecified atom stereocenters. The van der Waals surface area contributed by atoms with Crippen molar-refractivity contribution in [1.82, 2.24) is 13.4 Å². The highest BCUT2D eigenvalue weighted by molar-refractivity contribution is 6.33. The predicted molar refractivity (Wildman–Crippen MR) is 215 cm³/mol. The number of aromatic nitrogens is 3. The molecule has 51 heavy (non-hydrogen) atoms. The summed E-state index contributed by atoms with van der Waals surface area (Å²) in [6.07, 6.45) is 0. The first-order valence-corrected chi connectivity index (χ1v) is 17.6. The van der Waals surface area contributed by atoms with E-state index in [1.54, 1.807) is 0 Å². The van der Waals surface area contributed by atoms with Crippen molar-refractivity contribution in [2.45, 2.75) is 0 Å². The molecule has 0 aliphatic carbocycles. The van der Waals surface area contributed by atoms with Crippen LogP contribution >= 0.6 is 0 Å². The molecule has 0 bridgehead atoms. The van der Waals surface area contributed by atoms with Gasteiger partial charge in [0, 0.05) is 38.0 Å². The Morgan fingerprint density at radius 2 is 0.647 bits per heavy atom. The minimum absolute atomic E-state index is 1.15. The number of nitrogens with zero attached hydrogens (tertiary/aromatic N) is 3. The van der Waals surface area contributed by atoms with Crippen LogP contribution in [-0.2, 0) is 0 Å². The lowest BCUT2D eigenvalue weighted by Gasteiger charge is -2.10. The lowest BCUT2D eigenvalue weighted by molar-refractivity contribution is 1.18. The van der Waals surface area contributed by atoms with Gasteiger partial charge in [0.05, 0.1) is 44.1 Å². The highest BCUT2D eigenvalue weighted by atomic mass is 15.0. The molecule has 0 amide bonds. The Bertz CT molecular complexity index is 3160. The van der Waals surface area contributed by atoms with Crippen molar-refractivity contribution in [3.8, 4) is 27.9 Å². The molecule has 4 aromatic heterocycles. The second-order valence-corrected chi connectivity index (χ2v) is 13.7. The van der Waals surface area contributed by atoms with Gasteiger partial charge in [0.25, 0.3) is 0 Å². The van der Waals surface area contributed by atoms with Crippen molar-refractivity contribution in [2.75, 3.05) is 0 Å². The first-order valence-electron chi connectivity index (χ1n) is 17.6. The molecular formula is C48H29N3. The zero-order valence-electron chi connectivity index (χ0n) is 27.6. The summed E-state index contributed by atoms with van der Waals surface area (Å²) >= 11 is 0. The van der Waals surface area contributed by atoms with E-state index < -0.39 is 0 Å². The second-order valence-electron chi connectivity index (χ2n) is 13.7. The monoisotopic (exact) mass is 647 g/mol. The highest BCUT2D eigenvalue weighted by Gasteiger charge is 2.25. The standard InChI is InChI=1S/C48H29N3/c1-2-10-30(11-3-1)31-18-20-32(21-19-31)33-22-24-34(25-23-33)49-43-28-26-37-35-12-4-6-14-39(35)50-41-16-8-9-17-42(41)51-40-15-7-5-13-36(40)38-27-29-44(49)46(48(38)51)45(43)47(37)50/h1-29H. The van der Waals surface area contributed by atoms with E-state index in [0.717, 1.165) is 5.69 Å². The fraction of sp³-hybridized carbons (Fsp3) is 0. The van der Waals surface area contributed by atoms with E-state index in [-0.39, 0.29) is 0 Å². The molecule has 0 aliphatic heterocycles. The summed E-state index contributed by atoms with van der Waals surface area (Å²) in [6.45, 7) is 0. The van der Waals surface area contributed by atoms with E-state index in [4.69, 9.17) is 0 Å². The number of para-hydroxylation sites is 4. The summed E-state index contributed by atoms with van der Waals surface area (Å²) in [4.78, 5) is 0. The zero-order chi connectivity index (χ0) is 33.2. The average Bonchev–Trinajstić information content (AvgIpc) is 3.83. The fourth-order valence-corrected chi connectivity index (χ4v) is 9.00. The van der Waals surface area contributed by atoms with Crippen molar-refractivity contribution in [3.63, 3.8) is 0 Å². The van der Waals surface area contributed by atoms with Crippen molar-refractivity contribution in [2.24, 2.45) is 0 Å². The Hall–Kier alpha value is -6.84. The molecule has 0 aliphatic rings. The summed E-state index contributed by atoms with van der Waals surface area (Å²) < 4.78 is 7.52. The molecule has 3 heteroatoms. The van der Waals surface area contributed by atoms with Crippen LogP contribution in [0.15, 0.2) is 176 Å². The molecule has 0 N–H and O–H groups in total. The smallest absolute Gasteiger partial charge is 0.0703 e. The van der Waals surface area contributed by atoms with Gasteiger partial charge in [-0.2, -0.15) is 0 Å². The van der Waals surface area contributed by atoms with E-state index in [1.165, 1.54) is 98.7 Å². The maximum atomic E-state index is 2.52. The Morgan fingerprint density at radius 1 is 0.255 bits per heavy atom. The Kier molecular flexibility index (Phi) is 5.23. The number of fused-ring (bicyclic) bond motifs is 9. The first-order chi connectivity index (χ1) is 25.3. The molecule has 0 spiro atoms. The van der Waals surface area contributed by atoms with Crippen molar-refractivity contribution in [3.05, 3.63) is 176 Å². The molecule has 3 nitrogen and oxygen atoms in total. The predicted octanol–water partition coefficient (Wildman–Crippen LogP) is 12.7. The molecule has 8 aromatic carbocycles. The minimum Gasteiger partial charge on any atom is -0.309 e. The van der Waals surface area contributed by atoms with Crippen LogP contribution in [0.3, 0.4) is 0 Å². The minimum atomic E-state index is 1.15. The largest absolute Gasteiger partial charge is 0.309 e. The third-order valence-corrected chi connectivity index (χ3v) is 11.2. The van der Waals surface area contributed by atoms with Gasteiger partial charge in [-0.3, -0.25) is 0 Å². The molecule has 0 atom stereocenters. The van der Waals surface area contributed by atoms with Crippen molar-refractivity contribution in [1.29, 1.82) is 0 Å². The Balaban J connectivity index is 1.20. The molecule has 12 aromatic rings. The van der Waals surface area contributed by atoms with E-state index in [0.29, 0.717) is 0 Å². The molecule has 4 heterocycles. The van der Waals surface area contributed by atoms with Gasteiger partial charge in [0.1, 0.15) is 0 Å².